The number of carbonyl (C=O) groups is 1. The lowest BCUT2D eigenvalue weighted by Gasteiger charge is -2.15. The van der Waals surface area contributed by atoms with Gasteiger partial charge in [0.1, 0.15) is 0 Å². The average molecular weight is 318 g/mol. The molecule has 0 fully saturated rings. The van der Waals surface area contributed by atoms with Gasteiger partial charge in [0, 0.05) is 4.47 Å². The van der Waals surface area contributed by atoms with E-state index in [1.54, 1.807) is 0 Å². The molecule has 0 radical (unpaired) electrons. The molecule has 2 rings (SSSR count). The van der Waals surface area contributed by atoms with Crippen LogP contribution in [0.1, 0.15) is 34.5 Å². The number of carbonyl (C=O) groups excluding carboxylic acids is 1. The minimum absolute atomic E-state index is 0.0129. The molecule has 2 aromatic rings. The maximum absolute atomic E-state index is 12.3. The molecule has 0 saturated carbocycles. The molecule has 1 N–H and O–H groups in total. The smallest absolute Gasteiger partial charge is 0.252 e. The van der Waals surface area contributed by atoms with Gasteiger partial charge < -0.3 is 5.32 Å². The van der Waals surface area contributed by atoms with Crippen LogP contribution in [0.5, 0.6) is 0 Å². The third kappa shape index (κ3) is 3.24. The zero-order valence-electron chi connectivity index (χ0n) is 11.0. The van der Waals surface area contributed by atoms with E-state index in [4.69, 9.17) is 0 Å². The summed E-state index contributed by atoms with van der Waals surface area (Å²) in [6.07, 6.45) is 0. The molecule has 2 nitrogen and oxygen atoms in total. The van der Waals surface area contributed by atoms with Crippen LogP contribution >= 0.6 is 15.9 Å². The van der Waals surface area contributed by atoms with Crippen molar-refractivity contribution in [2.75, 3.05) is 0 Å². The van der Waals surface area contributed by atoms with E-state index in [-0.39, 0.29) is 11.9 Å². The van der Waals surface area contributed by atoms with Crippen LogP contribution in [0.25, 0.3) is 0 Å². The fourth-order valence-electron chi connectivity index (χ4n) is 1.92. The van der Waals surface area contributed by atoms with Gasteiger partial charge in [0.25, 0.3) is 5.91 Å². The topological polar surface area (TPSA) is 29.1 Å². The minimum atomic E-state index is -0.0630. The number of halogens is 1. The van der Waals surface area contributed by atoms with Crippen LogP contribution in [0.4, 0.5) is 0 Å². The summed E-state index contributed by atoms with van der Waals surface area (Å²) in [6, 6.07) is 15.6. The van der Waals surface area contributed by atoms with Crippen molar-refractivity contribution in [3.8, 4) is 0 Å². The Morgan fingerprint density at radius 1 is 1.11 bits per heavy atom. The van der Waals surface area contributed by atoms with Gasteiger partial charge >= 0.3 is 0 Å². The SMILES string of the molecule is Cc1cccc(C(=O)NC(C)c2ccccc2)c1Br. The molecular weight excluding hydrogens is 302 g/mol. The van der Waals surface area contributed by atoms with Gasteiger partial charge in [0.15, 0.2) is 0 Å². The largest absolute Gasteiger partial charge is 0.345 e. The molecule has 1 atom stereocenters. The molecule has 19 heavy (non-hydrogen) atoms. The van der Waals surface area contributed by atoms with Gasteiger partial charge in [0.05, 0.1) is 11.6 Å². The van der Waals surface area contributed by atoms with Gasteiger partial charge in [-0.05, 0) is 47.0 Å². The summed E-state index contributed by atoms with van der Waals surface area (Å²) in [5.41, 5.74) is 2.82. The molecule has 2 aromatic carbocycles. The lowest BCUT2D eigenvalue weighted by molar-refractivity contribution is 0.0939. The molecule has 0 spiro atoms. The van der Waals surface area contributed by atoms with Crippen molar-refractivity contribution in [2.45, 2.75) is 19.9 Å². The zero-order chi connectivity index (χ0) is 13.8. The standard InChI is InChI=1S/C16H16BrNO/c1-11-7-6-10-14(15(11)17)16(19)18-12(2)13-8-4-3-5-9-13/h3-10,12H,1-2H3,(H,18,19). The summed E-state index contributed by atoms with van der Waals surface area (Å²) < 4.78 is 0.854. The Labute approximate surface area is 122 Å². The first-order chi connectivity index (χ1) is 9.09. The monoisotopic (exact) mass is 317 g/mol. The predicted molar refractivity (Wildman–Crippen MR) is 81.2 cm³/mol. The van der Waals surface area contributed by atoms with E-state index >= 15 is 0 Å². The van der Waals surface area contributed by atoms with Crippen LogP contribution in [0, 0.1) is 6.92 Å². The van der Waals surface area contributed by atoms with Crippen molar-refractivity contribution in [2.24, 2.45) is 0 Å². The van der Waals surface area contributed by atoms with Gasteiger partial charge in [-0.1, -0.05) is 42.5 Å². The van der Waals surface area contributed by atoms with Crippen molar-refractivity contribution >= 4 is 21.8 Å². The molecule has 0 heterocycles. The molecule has 3 heteroatoms. The van der Waals surface area contributed by atoms with Crippen LogP contribution in [0.2, 0.25) is 0 Å². The molecule has 98 valence electrons. The number of nitrogens with one attached hydrogen (secondary N) is 1. The van der Waals surface area contributed by atoms with E-state index in [0.29, 0.717) is 5.56 Å². The number of amides is 1. The normalized spacial score (nSPS) is 11.9. The molecule has 0 aromatic heterocycles. The van der Waals surface area contributed by atoms with Crippen molar-refractivity contribution < 1.29 is 4.79 Å². The number of hydrogen-bond acceptors (Lipinski definition) is 1. The Balaban J connectivity index is 2.16. The number of benzene rings is 2. The molecule has 1 unspecified atom stereocenters. The highest BCUT2D eigenvalue weighted by atomic mass is 79.9. The lowest BCUT2D eigenvalue weighted by atomic mass is 10.1. The minimum Gasteiger partial charge on any atom is -0.345 e. The molecule has 0 aliphatic heterocycles. The van der Waals surface area contributed by atoms with Gasteiger partial charge in [-0.15, -0.1) is 0 Å². The summed E-state index contributed by atoms with van der Waals surface area (Å²) in [5, 5.41) is 3.01. The van der Waals surface area contributed by atoms with Gasteiger partial charge in [-0.25, -0.2) is 0 Å². The first-order valence-electron chi connectivity index (χ1n) is 6.20. The van der Waals surface area contributed by atoms with Crippen LogP contribution in [-0.2, 0) is 0 Å². The Bertz CT molecular complexity index is 581. The van der Waals surface area contributed by atoms with Crippen molar-refractivity contribution in [1.82, 2.24) is 5.32 Å². The molecule has 0 saturated heterocycles. The third-order valence-electron chi connectivity index (χ3n) is 3.08. The molecule has 0 bridgehead atoms. The van der Waals surface area contributed by atoms with Gasteiger partial charge in [0.2, 0.25) is 0 Å². The Morgan fingerprint density at radius 2 is 1.79 bits per heavy atom. The van der Waals surface area contributed by atoms with E-state index in [0.717, 1.165) is 15.6 Å². The van der Waals surface area contributed by atoms with E-state index in [1.807, 2.05) is 62.4 Å². The average Bonchev–Trinajstić information content (AvgIpc) is 2.42. The fraction of sp³-hybridized carbons (Fsp3) is 0.188. The number of hydrogen-bond donors (Lipinski definition) is 1. The van der Waals surface area contributed by atoms with Gasteiger partial charge in [-0.2, -0.15) is 0 Å². The summed E-state index contributed by atoms with van der Waals surface area (Å²) in [6.45, 7) is 3.96. The highest BCUT2D eigenvalue weighted by Gasteiger charge is 2.14. The molecule has 0 aliphatic rings. The predicted octanol–water partition coefficient (Wildman–Crippen LogP) is 4.25. The maximum Gasteiger partial charge on any atom is 0.252 e. The highest BCUT2D eigenvalue weighted by molar-refractivity contribution is 9.10. The second-order valence-corrected chi connectivity index (χ2v) is 5.34. The summed E-state index contributed by atoms with van der Waals surface area (Å²) in [5.74, 6) is -0.0630. The second-order valence-electron chi connectivity index (χ2n) is 4.54. The first kappa shape index (κ1) is 13.8. The Morgan fingerprint density at radius 3 is 2.47 bits per heavy atom. The van der Waals surface area contributed by atoms with Crippen LogP contribution in [0.3, 0.4) is 0 Å². The fourth-order valence-corrected chi connectivity index (χ4v) is 2.37. The van der Waals surface area contributed by atoms with Crippen LogP contribution in [-0.4, -0.2) is 5.91 Å². The first-order valence-corrected chi connectivity index (χ1v) is 7.00. The number of rotatable bonds is 3. The highest BCUT2D eigenvalue weighted by Crippen LogP contribution is 2.22. The molecular formula is C16H16BrNO. The van der Waals surface area contributed by atoms with Crippen LogP contribution in [0.15, 0.2) is 53.0 Å². The van der Waals surface area contributed by atoms with E-state index < -0.39 is 0 Å². The quantitative estimate of drug-likeness (QED) is 0.901. The maximum atomic E-state index is 12.3. The van der Waals surface area contributed by atoms with Crippen molar-refractivity contribution in [3.63, 3.8) is 0 Å². The van der Waals surface area contributed by atoms with Crippen molar-refractivity contribution in [3.05, 3.63) is 69.7 Å². The molecule has 1 amide bonds. The third-order valence-corrected chi connectivity index (χ3v) is 4.14. The van der Waals surface area contributed by atoms with Crippen molar-refractivity contribution in [1.29, 1.82) is 0 Å². The second kappa shape index (κ2) is 6.02. The summed E-state index contributed by atoms with van der Waals surface area (Å²) >= 11 is 3.47. The molecule has 0 aliphatic carbocycles. The van der Waals surface area contributed by atoms with Gasteiger partial charge in [-0.3, -0.25) is 4.79 Å². The Hall–Kier alpha value is -1.61. The van der Waals surface area contributed by atoms with E-state index in [2.05, 4.69) is 21.2 Å². The van der Waals surface area contributed by atoms with E-state index in [1.165, 1.54) is 0 Å². The summed E-state index contributed by atoms with van der Waals surface area (Å²) in [4.78, 5) is 12.3. The van der Waals surface area contributed by atoms with Crippen LogP contribution < -0.4 is 5.32 Å². The lowest BCUT2D eigenvalue weighted by Crippen LogP contribution is -2.27. The Kier molecular flexibility index (Phi) is 4.38. The zero-order valence-corrected chi connectivity index (χ0v) is 12.6. The summed E-state index contributed by atoms with van der Waals surface area (Å²) in [7, 11) is 0. The van der Waals surface area contributed by atoms with E-state index in [9.17, 15) is 4.79 Å². The number of aryl methyl sites for hydroxylation is 1.